The van der Waals surface area contributed by atoms with E-state index in [4.69, 9.17) is 11.6 Å². The quantitative estimate of drug-likeness (QED) is 0.853. The number of benzene rings is 1. The van der Waals surface area contributed by atoms with E-state index < -0.39 is 0 Å². The molecule has 0 radical (unpaired) electrons. The predicted octanol–water partition coefficient (Wildman–Crippen LogP) is 3.27. The lowest BCUT2D eigenvalue weighted by molar-refractivity contribution is 0.469. The lowest BCUT2D eigenvalue weighted by atomic mass is 10.0. The van der Waals surface area contributed by atoms with E-state index in [0.717, 1.165) is 12.3 Å². The van der Waals surface area contributed by atoms with Crippen molar-refractivity contribution >= 4 is 11.6 Å². The number of nitrogens with one attached hydrogen (secondary N) is 1. The van der Waals surface area contributed by atoms with Crippen LogP contribution in [-0.4, -0.2) is 13.1 Å². The maximum atomic E-state index is 13.7. The predicted molar refractivity (Wildman–Crippen MR) is 65.2 cm³/mol. The van der Waals surface area contributed by atoms with Gasteiger partial charge in [-0.1, -0.05) is 30.7 Å². The van der Waals surface area contributed by atoms with Crippen molar-refractivity contribution in [3.05, 3.63) is 34.6 Å². The second kappa shape index (κ2) is 4.72. The number of hydrogen-bond donors (Lipinski definition) is 1. The minimum absolute atomic E-state index is 0.219. The molecule has 1 fully saturated rings. The molecular weight excluding hydrogens is 225 g/mol. The van der Waals surface area contributed by atoms with Crippen LogP contribution in [-0.2, 0) is 6.42 Å². The molecule has 3 heteroatoms. The Hall–Kier alpha value is -0.600. The molecule has 1 aliphatic carbocycles. The summed E-state index contributed by atoms with van der Waals surface area (Å²) in [5.41, 5.74) is 0.714. The van der Waals surface area contributed by atoms with Crippen LogP contribution in [0.3, 0.4) is 0 Å². The molecule has 3 atom stereocenters. The zero-order chi connectivity index (χ0) is 11.7. The van der Waals surface area contributed by atoms with Crippen LogP contribution in [0, 0.1) is 17.7 Å². The summed E-state index contributed by atoms with van der Waals surface area (Å²) >= 11 is 5.77. The fourth-order valence-corrected chi connectivity index (χ4v) is 2.52. The Morgan fingerprint density at radius 2 is 2.25 bits per heavy atom. The molecule has 1 aromatic rings. The summed E-state index contributed by atoms with van der Waals surface area (Å²) < 4.78 is 13.7. The Morgan fingerprint density at radius 3 is 2.81 bits per heavy atom. The topological polar surface area (TPSA) is 12.0 Å². The lowest BCUT2D eigenvalue weighted by Crippen LogP contribution is -2.30. The number of hydrogen-bond acceptors (Lipinski definition) is 1. The summed E-state index contributed by atoms with van der Waals surface area (Å²) in [7, 11) is 1.94. The number of rotatable bonds is 4. The molecule has 3 unspecified atom stereocenters. The number of likely N-dealkylation sites (N-methyl/N-ethyl adjacent to an activating group) is 1. The Morgan fingerprint density at radius 1 is 1.56 bits per heavy atom. The van der Waals surface area contributed by atoms with Crippen molar-refractivity contribution in [1.82, 2.24) is 5.32 Å². The first-order chi connectivity index (χ1) is 7.63. The molecule has 1 aliphatic rings. The van der Waals surface area contributed by atoms with Crippen LogP contribution in [0.5, 0.6) is 0 Å². The van der Waals surface area contributed by atoms with E-state index in [1.165, 1.54) is 6.42 Å². The third-order valence-corrected chi connectivity index (χ3v) is 3.82. The van der Waals surface area contributed by atoms with Crippen LogP contribution in [0.4, 0.5) is 4.39 Å². The van der Waals surface area contributed by atoms with Crippen molar-refractivity contribution in [1.29, 1.82) is 0 Å². The smallest absolute Gasteiger partial charge is 0.145 e. The molecule has 1 nitrogen and oxygen atoms in total. The van der Waals surface area contributed by atoms with E-state index >= 15 is 0 Å². The molecule has 0 bridgehead atoms. The van der Waals surface area contributed by atoms with Gasteiger partial charge in [-0.05, 0) is 43.4 Å². The van der Waals surface area contributed by atoms with Gasteiger partial charge >= 0.3 is 0 Å². The van der Waals surface area contributed by atoms with E-state index in [1.54, 1.807) is 6.07 Å². The highest BCUT2D eigenvalue weighted by Crippen LogP contribution is 2.41. The van der Waals surface area contributed by atoms with Crippen molar-refractivity contribution in [2.45, 2.75) is 25.8 Å². The molecule has 1 aromatic carbocycles. The first kappa shape index (κ1) is 11.9. The number of halogens is 2. The van der Waals surface area contributed by atoms with Crippen molar-refractivity contribution in [2.24, 2.45) is 11.8 Å². The Kier molecular flexibility index (Phi) is 3.50. The van der Waals surface area contributed by atoms with Crippen molar-refractivity contribution in [3.63, 3.8) is 0 Å². The Bertz CT molecular complexity index is 380. The van der Waals surface area contributed by atoms with E-state index in [0.29, 0.717) is 17.5 Å². The fourth-order valence-electron chi connectivity index (χ4n) is 2.32. The van der Waals surface area contributed by atoms with Gasteiger partial charge in [0.2, 0.25) is 0 Å². The second-order valence-electron chi connectivity index (χ2n) is 4.69. The van der Waals surface area contributed by atoms with Gasteiger partial charge in [-0.25, -0.2) is 4.39 Å². The van der Waals surface area contributed by atoms with E-state index in [9.17, 15) is 4.39 Å². The zero-order valence-corrected chi connectivity index (χ0v) is 10.4. The monoisotopic (exact) mass is 241 g/mol. The molecule has 2 rings (SSSR count). The van der Waals surface area contributed by atoms with Crippen molar-refractivity contribution < 1.29 is 4.39 Å². The van der Waals surface area contributed by atoms with Gasteiger partial charge < -0.3 is 5.32 Å². The molecule has 16 heavy (non-hydrogen) atoms. The van der Waals surface area contributed by atoms with Crippen LogP contribution in [0.2, 0.25) is 5.02 Å². The van der Waals surface area contributed by atoms with Gasteiger partial charge in [0.05, 0.1) is 5.02 Å². The van der Waals surface area contributed by atoms with Gasteiger partial charge in [-0.3, -0.25) is 0 Å². The maximum Gasteiger partial charge on any atom is 0.145 e. The first-order valence-corrected chi connectivity index (χ1v) is 6.11. The van der Waals surface area contributed by atoms with Crippen molar-refractivity contribution in [2.75, 3.05) is 7.05 Å². The molecular formula is C13H17ClFN. The molecule has 0 aliphatic heterocycles. The van der Waals surface area contributed by atoms with E-state index in [-0.39, 0.29) is 10.8 Å². The molecule has 88 valence electrons. The summed E-state index contributed by atoms with van der Waals surface area (Å²) in [5.74, 6) is 1.18. The van der Waals surface area contributed by atoms with Gasteiger partial charge in [0.15, 0.2) is 0 Å². The minimum atomic E-state index is -0.266. The third-order valence-electron chi connectivity index (χ3n) is 3.53. The SMILES string of the molecule is CNC(Cc1cccc(Cl)c1F)C1CC1C. The average Bonchev–Trinajstić information content (AvgIpc) is 2.98. The molecule has 1 N–H and O–H groups in total. The Labute approximate surface area is 101 Å². The van der Waals surface area contributed by atoms with Crippen LogP contribution in [0.1, 0.15) is 18.9 Å². The lowest BCUT2D eigenvalue weighted by Gasteiger charge is -2.16. The van der Waals surface area contributed by atoms with Gasteiger partial charge in [0, 0.05) is 6.04 Å². The molecule has 1 saturated carbocycles. The summed E-state index contributed by atoms with van der Waals surface area (Å²) in [6, 6.07) is 5.58. The highest BCUT2D eigenvalue weighted by molar-refractivity contribution is 6.30. The van der Waals surface area contributed by atoms with Crippen molar-refractivity contribution in [3.8, 4) is 0 Å². The van der Waals surface area contributed by atoms with Crippen LogP contribution >= 0.6 is 11.6 Å². The largest absolute Gasteiger partial charge is 0.316 e. The molecule has 0 spiro atoms. The molecule has 0 aromatic heterocycles. The summed E-state index contributed by atoms with van der Waals surface area (Å²) in [6.45, 7) is 2.24. The Balaban J connectivity index is 2.10. The highest BCUT2D eigenvalue weighted by atomic mass is 35.5. The van der Waals surface area contributed by atoms with E-state index in [1.807, 2.05) is 19.2 Å². The van der Waals surface area contributed by atoms with Crippen LogP contribution in [0.25, 0.3) is 0 Å². The summed E-state index contributed by atoms with van der Waals surface area (Å²) in [4.78, 5) is 0. The molecule has 0 amide bonds. The highest BCUT2D eigenvalue weighted by Gasteiger charge is 2.38. The third kappa shape index (κ3) is 2.38. The molecule has 0 saturated heterocycles. The van der Waals surface area contributed by atoms with Gasteiger partial charge in [-0.15, -0.1) is 0 Å². The van der Waals surface area contributed by atoms with Gasteiger partial charge in [-0.2, -0.15) is 0 Å². The van der Waals surface area contributed by atoms with Gasteiger partial charge in [0.25, 0.3) is 0 Å². The van der Waals surface area contributed by atoms with Crippen LogP contribution in [0.15, 0.2) is 18.2 Å². The maximum absolute atomic E-state index is 13.7. The summed E-state index contributed by atoms with van der Waals surface area (Å²) in [5, 5.41) is 3.50. The normalized spacial score (nSPS) is 25.5. The minimum Gasteiger partial charge on any atom is -0.316 e. The first-order valence-electron chi connectivity index (χ1n) is 5.73. The summed E-state index contributed by atoms with van der Waals surface area (Å²) in [6.07, 6.45) is 1.96. The fraction of sp³-hybridized carbons (Fsp3) is 0.538. The second-order valence-corrected chi connectivity index (χ2v) is 5.10. The average molecular weight is 242 g/mol. The van der Waals surface area contributed by atoms with Gasteiger partial charge in [0.1, 0.15) is 5.82 Å². The molecule has 0 heterocycles. The zero-order valence-electron chi connectivity index (χ0n) is 9.63. The van der Waals surface area contributed by atoms with Crippen LogP contribution < -0.4 is 5.32 Å². The van der Waals surface area contributed by atoms with E-state index in [2.05, 4.69) is 12.2 Å². The standard InChI is InChI=1S/C13H17ClFN/c1-8-6-10(8)12(16-2)7-9-4-3-5-11(14)13(9)15/h3-5,8,10,12,16H,6-7H2,1-2H3.